The molecule has 1 N–H and O–H groups in total. The molecule has 0 unspecified atom stereocenters. The quantitative estimate of drug-likeness (QED) is 0.251. The molecule has 13 heteroatoms. The molecule has 1 aliphatic heterocycles. The summed E-state index contributed by atoms with van der Waals surface area (Å²) in [6, 6.07) is 13.0. The minimum Gasteiger partial charge on any atom is -0.486 e. The largest absolute Gasteiger partial charge is 0.486 e. The summed E-state index contributed by atoms with van der Waals surface area (Å²) in [5.74, 6) is -0.868. The van der Waals surface area contributed by atoms with Crippen molar-refractivity contribution in [3.63, 3.8) is 0 Å². The molecule has 246 valence electrons. The molecule has 1 aliphatic carbocycles. The molecule has 1 saturated carbocycles. The molecule has 2 aliphatic rings. The van der Waals surface area contributed by atoms with Crippen molar-refractivity contribution in [1.82, 2.24) is 10.2 Å². The van der Waals surface area contributed by atoms with Crippen molar-refractivity contribution >= 4 is 50.7 Å². The van der Waals surface area contributed by atoms with E-state index in [2.05, 4.69) is 5.32 Å². The van der Waals surface area contributed by atoms with Crippen LogP contribution in [-0.2, 0) is 26.2 Å². The van der Waals surface area contributed by atoms with Gasteiger partial charge in [0.25, 0.3) is 10.0 Å². The van der Waals surface area contributed by atoms with Gasteiger partial charge in [0.1, 0.15) is 31.6 Å². The molecule has 9 nitrogen and oxygen atoms in total. The number of ether oxygens (including phenoxy) is 2. The highest BCUT2D eigenvalue weighted by Gasteiger charge is 2.35. The van der Waals surface area contributed by atoms with Crippen LogP contribution in [0.5, 0.6) is 11.5 Å². The van der Waals surface area contributed by atoms with E-state index >= 15 is 0 Å². The first-order valence-corrected chi connectivity index (χ1v) is 17.5. The number of amides is 2. The fourth-order valence-corrected chi connectivity index (χ4v) is 7.50. The number of nitrogens with zero attached hydrogens (tertiary/aromatic N) is 2. The summed E-state index contributed by atoms with van der Waals surface area (Å²) in [4.78, 5) is 29.2. The van der Waals surface area contributed by atoms with Crippen molar-refractivity contribution in [2.45, 2.75) is 69.0 Å². The van der Waals surface area contributed by atoms with Crippen LogP contribution in [0.4, 0.5) is 10.1 Å². The Hall–Kier alpha value is -3.54. The van der Waals surface area contributed by atoms with Gasteiger partial charge in [0.2, 0.25) is 11.8 Å². The Morgan fingerprint density at radius 1 is 0.935 bits per heavy atom. The molecular weight excluding hydrogens is 656 g/mol. The average Bonchev–Trinajstić information content (AvgIpc) is 3.05. The number of carbonyl (C=O) groups excluding carboxylic acids is 2. The summed E-state index contributed by atoms with van der Waals surface area (Å²) in [5, 5.41) is 3.72. The molecule has 0 saturated heterocycles. The minimum atomic E-state index is -4.40. The van der Waals surface area contributed by atoms with Crippen LogP contribution in [0.1, 0.15) is 51.0 Å². The average molecular weight is 693 g/mol. The normalized spacial score (nSPS) is 15.6. The number of hydrogen-bond acceptors (Lipinski definition) is 6. The molecule has 2 amide bonds. The van der Waals surface area contributed by atoms with Crippen LogP contribution in [0.3, 0.4) is 0 Å². The number of carbonyl (C=O) groups is 2. The lowest BCUT2D eigenvalue weighted by Gasteiger charge is -2.34. The number of sulfonamides is 1. The summed E-state index contributed by atoms with van der Waals surface area (Å²) in [6.07, 6.45) is 5.12. The standard InChI is InChI=1S/C33H36Cl2FN3O6S/c1-2-29(33(41)37-24-6-4-3-5-7-24)38(20-22-8-14-27(34)28(35)18-22)32(40)21-39(25-11-9-23(36)10-12-25)46(42,43)26-13-15-30-31(19-26)45-17-16-44-30/h8-15,18-19,24,29H,2-7,16-17,20-21H2,1H3,(H,37,41)/t29-/m0/s1. The number of benzene rings is 3. The molecule has 46 heavy (non-hydrogen) atoms. The van der Waals surface area contributed by atoms with Crippen LogP contribution in [0.25, 0.3) is 0 Å². The third-order valence-electron chi connectivity index (χ3n) is 8.17. The number of nitrogens with one attached hydrogen (secondary N) is 1. The van der Waals surface area contributed by atoms with Gasteiger partial charge in [-0.25, -0.2) is 12.8 Å². The molecule has 5 rings (SSSR count). The molecule has 0 aromatic heterocycles. The number of anilines is 1. The van der Waals surface area contributed by atoms with Gasteiger partial charge in [-0.2, -0.15) is 0 Å². The van der Waals surface area contributed by atoms with E-state index < -0.39 is 34.3 Å². The second-order valence-electron chi connectivity index (χ2n) is 11.3. The summed E-state index contributed by atoms with van der Waals surface area (Å²) < 4.78 is 54.4. The van der Waals surface area contributed by atoms with Crippen LogP contribution < -0.4 is 19.1 Å². The fraction of sp³-hybridized carbons (Fsp3) is 0.394. The zero-order valence-electron chi connectivity index (χ0n) is 25.4. The first-order valence-electron chi connectivity index (χ1n) is 15.3. The van der Waals surface area contributed by atoms with Gasteiger partial charge in [-0.3, -0.25) is 13.9 Å². The number of hydrogen-bond donors (Lipinski definition) is 1. The first kappa shape index (κ1) is 33.8. The highest BCUT2D eigenvalue weighted by atomic mass is 35.5. The summed E-state index contributed by atoms with van der Waals surface area (Å²) in [5.41, 5.74) is 0.675. The van der Waals surface area contributed by atoms with Gasteiger partial charge in [-0.15, -0.1) is 0 Å². The second kappa shape index (κ2) is 14.9. The van der Waals surface area contributed by atoms with Gasteiger partial charge in [-0.05, 0) is 73.4 Å². The zero-order valence-corrected chi connectivity index (χ0v) is 27.7. The van der Waals surface area contributed by atoms with Crippen LogP contribution >= 0.6 is 23.2 Å². The van der Waals surface area contributed by atoms with E-state index in [0.717, 1.165) is 48.5 Å². The summed E-state index contributed by atoms with van der Waals surface area (Å²) in [6.45, 7) is 1.67. The lowest BCUT2D eigenvalue weighted by atomic mass is 9.95. The maximum absolute atomic E-state index is 14.3. The number of halogens is 3. The Morgan fingerprint density at radius 3 is 2.30 bits per heavy atom. The van der Waals surface area contributed by atoms with Crippen LogP contribution in [0.15, 0.2) is 65.6 Å². The molecule has 3 aromatic carbocycles. The van der Waals surface area contributed by atoms with E-state index in [-0.39, 0.29) is 52.9 Å². The topological polar surface area (TPSA) is 105 Å². The monoisotopic (exact) mass is 691 g/mol. The van der Waals surface area contributed by atoms with Gasteiger partial charge in [0, 0.05) is 18.7 Å². The van der Waals surface area contributed by atoms with Crippen molar-refractivity contribution < 1.29 is 31.9 Å². The summed E-state index contributed by atoms with van der Waals surface area (Å²) >= 11 is 12.4. The van der Waals surface area contributed by atoms with Crippen LogP contribution in [0, 0.1) is 5.82 Å². The molecule has 3 aromatic rings. The summed E-state index contributed by atoms with van der Waals surface area (Å²) in [7, 11) is -4.40. The van der Waals surface area contributed by atoms with Crippen molar-refractivity contribution in [2.24, 2.45) is 0 Å². The molecule has 0 bridgehead atoms. The van der Waals surface area contributed by atoms with Gasteiger partial charge in [-0.1, -0.05) is 55.5 Å². The molecular formula is C33H36Cl2FN3O6S. The predicted octanol–water partition coefficient (Wildman–Crippen LogP) is 6.36. The van der Waals surface area contributed by atoms with Gasteiger partial charge in [0.05, 0.1) is 20.6 Å². The van der Waals surface area contributed by atoms with Crippen molar-refractivity contribution in [1.29, 1.82) is 0 Å². The smallest absolute Gasteiger partial charge is 0.264 e. The minimum absolute atomic E-state index is 0.00327. The van der Waals surface area contributed by atoms with Crippen LogP contribution in [-0.4, -0.2) is 57.0 Å². The first-order chi connectivity index (χ1) is 22.1. The third-order valence-corrected chi connectivity index (χ3v) is 10.7. The SMILES string of the molecule is CC[C@@H](C(=O)NC1CCCCC1)N(Cc1ccc(Cl)c(Cl)c1)C(=O)CN(c1ccc(F)cc1)S(=O)(=O)c1ccc2c(c1)OCCO2. The maximum Gasteiger partial charge on any atom is 0.264 e. The molecule has 1 heterocycles. The van der Waals surface area contributed by atoms with Crippen LogP contribution in [0.2, 0.25) is 10.0 Å². The van der Waals surface area contributed by atoms with Gasteiger partial charge in [0.15, 0.2) is 11.5 Å². The van der Waals surface area contributed by atoms with E-state index in [0.29, 0.717) is 22.9 Å². The molecule has 0 radical (unpaired) electrons. The fourth-order valence-electron chi connectivity index (χ4n) is 5.75. The van der Waals surface area contributed by atoms with E-state index in [1.54, 1.807) is 25.1 Å². The predicted molar refractivity (Wildman–Crippen MR) is 174 cm³/mol. The second-order valence-corrected chi connectivity index (χ2v) is 14.0. The lowest BCUT2D eigenvalue weighted by Crippen LogP contribution is -2.54. The Labute approximate surface area is 278 Å². The Bertz CT molecular complexity index is 1670. The Kier molecular flexibility index (Phi) is 11.0. The maximum atomic E-state index is 14.3. The highest BCUT2D eigenvalue weighted by Crippen LogP contribution is 2.34. The Morgan fingerprint density at radius 2 is 1.63 bits per heavy atom. The molecule has 0 spiro atoms. The number of fused-ring (bicyclic) bond motifs is 1. The Balaban J connectivity index is 1.50. The van der Waals surface area contributed by atoms with E-state index in [9.17, 15) is 22.4 Å². The lowest BCUT2D eigenvalue weighted by molar-refractivity contribution is -0.140. The molecule has 1 atom stereocenters. The highest BCUT2D eigenvalue weighted by molar-refractivity contribution is 7.92. The van der Waals surface area contributed by atoms with Gasteiger partial charge >= 0.3 is 0 Å². The van der Waals surface area contributed by atoms with Gasteiger partial charge < -0.3 is 19.7 Å². The van der Waals surface area contributed by atoms with Crippen molar-refractivity contribution in [3.05, 3.63) is 82.1 Å². The third kappa shape index (κ3) is 7.87. The zero-order chi connectivity index (χ0) is 32.8. The van der Waals surface area contributed by atoms with E-state index in [4.69, 9.17) is 32.7 Å². The number of rotatable bonds is 11. The van der Waals surface area contributed by atoms with Crippen molar-refractivity contribution in [3.8, 4) is 11.5 Å². The van der Waals surface area contributed by atoms with E-state index in [1.807, 2.05) is 0 Å². The van der Waals surface area contributed by atoms with Crippen molar-refractivity contribution in [2.75, 3.05) is 24.1 Å². The van der Waals surface area contributed by atoms with E-state index in [1.165, 1.54) is 35.2 Å². The molecule has 1 fully saturated rings.